The first-order chi connectivity index (χ1) is 4.06. The molecule has 0 aromatic carbocycles. The summed E-state index contributed by atoms with van der Waals surface area (Å²) >= 11 is 0.00739. The third kappa shape index (κ3) is 8.44. The Labute approximate surface area is 66.9 Å². The van der Waals surface area contributed by atoms with Crippen LogP contribution in [0.4, 0.5) is 0 Å². The molecule has 0 saturated carbocycles. The number of carbonyl (C=O) groups excluding carboxylic acids is 1. The van der Waals surface area contributed by atoms with Gasteiger partial charge in [0.25, 0.3) is 0 Å². The van der Waals surface area contributed by atoms with Crippen LogP contribution >= 0.6 is 0 Å². The molecule has 50 valence electrons. The monoisotopic (exact) mass is 138 g/mol. The molecule has 0 N–H and O–H groups in total. The minimum Gasteiger partial charge on any atom is -0.303 e. The van der Waals surface area contributed by atoms with Crippen LogP contribution in [0.2, 0.25) is 8.09 Å². The van der Waals surface area contributed by atoms with Gasteiger partial charge in [-0.25, -0.2) is 0 Å². The van der Waals surface area contributed by atoms with E-state index in [2.05, 4.69) is 20.8 Å². The molecule has 0 amide bonds. The summed E-state index contributed by atoms with van der Waals surface area (Å²) in [4.78, 5) is 9.91. The predicted octanol–water partition coefficient (Wildman–Crippen LogP) is 1.92. The highest BCUT2D eigenvalue weighted by atomic mass is 24.5. The third-order valence-electron chi connectivity index (χ3n) is 1.25. The predicted molar refractivity (Wildman–Crippen MR) is 41.0 cm³/mol. The Kier molecular flexibility index (Phi) is 4.49. The van der Waals surface area contributed by atoms with Crippen LogP contribution in [0.25, 0.3) is 0 Å². The largest absolute Gasteiger partial charge is 0.373 e. The molecule has 9 heavy (non-hydrogen) atoms. The number of hydrogen-bond donors (Lipinski definition) is 0. The first-order valence-electron chi connectivity index (χ1n) is 3.50. The molecule has 0 unspecified atom stereocenters. The fraction of sp³-hybridized carbons (Fsp3) is 0.857. The van der Waals surface area contributed by atoms with Crippen molar-refractivity contribution >= 4 is 26.7 Å². The molecule has 0 aliphatic heterocycles. The lowest BCUT2D eigenvalue weighted by Gasteiger charge is -2.14. The summed E-state index contributed by atoms with van der Waals surface area (Å²) < 4.78 is 1.70. The quantitative estimate of drug-likeness (QED) is 0.331. The van der Waals surface area contributed by atoms with E-state index in [4.69, 9.17) is 0 Å². The Hall–Kier alpha value is 0.436. The zero-order valence-corrected chi connectivity index (χ0v) is 8.02. The van der Waals surface area contributed by atoms with Crippen molar-refractivity contribution in [1.82, 2.24) is 0 Å². The van der Waals surface area contributed by atoms with Crippen LogP contribution in [0, 0.1) is 0 Å². The van der Waals surface area contributed by atoms with Crippen LogP contribution in [0.1, 0.15) is 27.2 Å². The SMILES string of the molecule is C[C](C)(C)[Mg][CH2]CC=O. The minimum absolute atomic E-state index is 0.00739. The highest BCUT2D eigenvalue weighted by molar-refractivity contribution is 6.39. The molecule has 0 atom stereocenters. The van der Waals surface area contributed by atoms with E-state index in [0.29, 0.717) is 3.54 Å². The fourth-order valence-electron chi connectivity index (χ4n) is 0.716. The number of carbonyl (C=O) groups is 1. The van der Waals surface area contributed by atoms with Gasteiger partial charge >= 0.3 is 20.4 Å². The van der Waals surface area contributed by atoms with Gasteiger partial charge < -0.3 is 4.79 Å². The smallest absolute Gasteiger partial charge is 0.303 e. The summed E-state index contributed by atoms with van der Waals surface area (Å²) in [6.45, 7) is 6.76. The van der Waals surface area contributed by atoms with Crippen molar-refractivity contribution in [3.05, 3.63) is 0 Å². The lowest BCUT2D eigenvalue weighted by atomic mass is 10.2. The van der Waals surface area contributed by atoms with Crippen LogP contribution in [-0.4, -0.2) is 26.7 Å². The van der Waals surface area contributed by atoms with Crippen molar-refractivity contribution in [3.8, 4) is 0 Å². The summed E-state index contributed by atoms with van der Waals surface area (Å²) in [5.74, 6) is 0. The van der Waals surface area contributed by atoms with Gasteiger partial charge in [0.05, 0.1) is 0 Å². The molecule has 0 radical (unpaired) electrons. The molecule has 0 aromatic heterocycles. The lowest BCUT2D eigenvalue weighted by molar-refractivity contribution is -0.107. The van der Waals surface area contributed by atoms with E-state index >= 15 is 0 Å². The molecule has 0 aliphatic rings. The van der Waals surface area contributed by atoms with E-state index in [1.54, 1.807) is 0 Å². The molecule has 0 spiro atoms. The van der Waals surface area contributed by atoms with Crippen LogP contribution in [0.3, 0.4) is 0 Å². The molecule has 0 bridgehead atoms. The molecule has 0 rings (SSSR count). The molecular weight excluding hydrogens is 124 g/mol. The maximum atomic E-state index is 9.91. The topological polar surface area (TPSA) is 17.1 Å². The van der Waals surface area contributed by atoms with Crippen molar-refractivity contribution < 1.29 is 4.79 Å². The van der Waals surface area contributed by atoms with Crippen LogP contribution in [-0.2, 0) is 4.79 Å². The van der Waals surface area contributed by atoms with Crippen LogP contribution in [0.15, 0.2) is 0 Å². The fourth-order valence-corrected chi connectivity index (χ4v) is 2.15. The second-order valence-corrected chi connectivity index (χ2v) is 6.95. The average molecular weight is 138 g/mol. The number of rotatable bonds is 3. The summed E-state index contributed by atoms with van der Waals surface area (Å²) in [6, 6.07) is 0. The van der Waals surface area contributed by atoms with Gasteiger partial charge in [-0.1, -0.05) is 20.8 Å². The Morgan fingerprint density at radius 1 is 1.44 bits per heavy atom. The first-order valence-corrected chi connectivity index (χ1v) is 5.20. The zero-order valence-electron chi connectivity index (χ0n) is 6.61. The summed E-state index contributed by atoms with van der Waals surface area (Å²) in [6.07, 6.45) is 1.81. The third-order valence-corrected chi connectivity index (χ3v) is 3.51. The second-order valence-electron chi connectivity index (χ2n) is 3.62. The van der Waals surface area contributed by atoms with E-state index in [-0.39, 0.29) is 20.4 Å². The average Bonchev–Trinajstić information content (AvgIpc) is 1.63. The molecule has 0 aliphatic carbocycles. The Bertz CT molecular complexity index is 83.4. The van der Waals surface area contributed by atoms with Gasteiger partial charge in [-0.15, -0.1) is 8.09 Å². The van der Waals surface area contributed by atoms with E-state index in [1.165, 1.54) is 4.55 Å². The van der Waals surface area contributed by atoms with Crippen LogP contribution < -0.4 is 0 Å². The van der Waals surface area contributed by atoms with E-state index < -0.39 is 0 Å². The second kappa shape index (κ2) is 4.28. The maximum absolute atomic E-state index is 9.91. The highest BCUT2D eigenvalue weighted by Crippen LogP contribution is 2.21. The van der Waals surface area contributed by atoms with Gasteiger partial charge in [-0.2, -0.15) is 0 Å². The molecule has 1 nitrogen and oxygen atoms in total. The lowest BCUT2D eigenvalue weighted by Crippen LogP contribution is -2.07. The van der Waals surface area contributed by atoms with E-state index in [9.17, 15) is 4.79 Å². The molecule has 0 heterocycles. The Morgan fingerprint density at radius 2 is 2.00 bits per heavy atom. The number of aldehydes is 1. The summed E-state index contributed by atoms with van der Waals surface area (Å²) in [5, 5.41) is 0. The first kappa shape index (κ1) is 9.44. The van der Waals surface area contributed by atoms with Crippen molar-refractivity contribution in [2.75, 3.05) is 0 Å². The zero-order chi connectivity index (χ0) is 7.33. The molecular formula is C7H14MgO. The van der Waals surface area contributed by atoms with Gasteiger partial charge in [0, 0.05) is 0 Å². The van der Waals surface area contributed by atoms with E-state index in [0.717, 1.165) is 12.7 Å². The molecule has 0 fully saturated rings. The Balaban J connectivity index is 3.17. The summed E-state index contributed by atoms with van der Waals surface area (Å²) in [7, 11) is 0. The van der Waals surface area contributed by atoms with Crippen molar-refractivity contribution in [2.24, 2.45) is 0 Å². The standard InChI is InChI=1S/C4H9.C3H5O.Mg/c1-4(2)3;1-2-3-4;/h1-3H3;3H,1-2H2;. The van der Waals surface area contributed by atoms with Crippen molar-refractivity contribution in [1.29, 1.82) is 0 Å². The molecule has 0 aromatic rings. The van der Waals surface area contributed by atoms with Gasteiger partial charge in [-0.05, 0) is 6.42 Å². The van der Waals surface area contributed by atoms with Crippen LogP contribution in [0.5, 0.6) is 0 Å². The molecule has 0 saturated heterocycles. The van der Waals surface area contributed by atoms with Gasteiger partial charge in [-0.3, -0.25) is 0 Å². The van der Waals surface area contributed by atoms with Gasteiger partial charge in [0.1, 0.15) is 6.29 Å². The minimum atomic E-state index is 0.00739. The maximum Gasteiger partial charge on any atom is 0.373 e. The van der Waals surface area contributed by atoms with Crippen molar-refractivity contribution in [2.45, 2.75) is 35.3 Å². The van der Waals surface area contributed by atoms with Crippen molar-refractivity contribution in [3.63, 3.8) is 0 Å². The van der Waals surface area contributed by atoms with Gasteiger partial charge in [0.15, 0.2) is 0 Å². The number of hydrogen-bond acceptors (Lipinski definition) is 1. The van der Waals surface area contributed by atoms with Gasteiger partial charge in [0.2, 0.25) is 0 Å². The highest BCUT2D eigenvalue weighted by Gasteiger charge is 2.12. The summed E-state index contributed by atoms with van der Waals surface area (Å²) in [5.41, 5.74) is 0. The Morgan fingerprint density at radius 3 is 2.33 bits per heavy atom. The van der Waals surface area contributed by atoms with E-state index in [1.807, 2.05) is 0 Å². The molecule has 2 heteroatoms. The normalized spacial score (nSPS) is 10.6.